The van der Waals surface area contributed by atoms with Crippen molar-refractivity contribution < 1.29 is 24.2 Å². The number of anilines is 1. The second-order valence-corrected chi connectivity index (χ2v) is 5.35. The molecule has 0 saturated heterocycles. The van der Waals surface area contributed by atoms with Crippen LogP contribution in [0.3, 0.4) is 0 Å². The smallest absolute Gasteiger partial charge is 0.307 e. The molecule has 1 unspecified atom stereocenters. The average molecular weight is 328 g/mol. The monoisotopic (exact) mass is 328 g/mol. The number of benzene rings is 1. The van der Waals surface area contributed by atoms with Crippen LogP contribution in [0, 0.1) is 0 Å². The van der Waals surface area contributed by atoms with E-state index in [1.54, 1.807) is 19.2 Å². The van der Waals surface area contributed by atoms with Crippen LogP contribution in [0.1, 0.15) is 11.1 Å². The van der Waals surface area contributed by atoms with E-state index in [9.17, 15) is 9.59 Å². The van der Waals surface area contributed by atoms with E-state index in [0.717, 1.165) is 5.56 Å². The maximum atomic E-state index is 12.5. The van der Waals surface area contributed by atoms with Crippen molar-refractivity contribution in [2.75, 3.05) is 12.4 Å². The lowest BCUT2D eigenvalue weighted by molar-refractivity contribution is -0.136. The van der Waals surface area contributed by atoms with Crippen molar-refractivity contribution in [1.29, 1.82) is 0 Å². The lowest BCUT2D eigenvalue weighted by Crippen LogP contribution is -2.32. The van der Waals surface area contributed by atoms with Gasteiger partial charge in [0.2, 0.25) is 0 Å². The van der Waals surface area contributed by atoms with Crippen molar-refractivity contribution in [3.05, 3.63) is 47.8 Å². The number of carbonyl (C=O) groups is 2. The van der Waals surface area contributed by atoms with E-state index in [0.29, 0.717) is 29.2 Å². The number of aliphatic carboxylic acids is 1. The summed E-state index contributed by atoms with van der Waals surface area (Å²) >= 11 is 0. The summed E-state index contributed by atoms with van der Waals surface area (Å²) in [5.74, 6) is -0.183. The summed E-state index contributed by atoms with van der Waals surface area (Å²) in [7, 11) is 1.54. The molecule has 0 aliphatic carbocycles. The van der Waals surface area contributed by atoms with Gasteiger partial charge < -0.3 is 19.9 Å². The molecule has 2 heterocycles. The highest BCUT2D eigenvalue weighted by atomic mass is 16.5. The molecular formula is C17H16N2O5. The zero-order valence-corrected chi connectivity index (χ0v) is 13.0. The van der Waals surface area contributed by atoms with Gasteiger partial charge in [0, 0.05) is 35.6 Å². The Balaban J connectivity index is 1.75. The fraction of sp³-hybridized carbons (Fsp3) is 0.235. The fourth-order valence-corrected chi connectivity index (χ4v) is 2.61. The molecule has 0 fully saturated rings. The van der Waals surface area contributed by atoms with Crippen molar-refractivity contribution in [2.24, 2.45) is 0 Å². The Morgan fingerprint density at radius 1 is 1.42 bits per heavy atom. The molecule has 7 nitrogen and oxygen atoms in total. The summed E-state index contributed by atoms with van der Waals surface area (Å²) in [6, 6.07) is 7.06. The predicted octanol–water partition coefficient (Wildman–Crippen LogP) is 1.66. The van der Waals surface area contributed by atoms with E-state index in [2.05, 4.69) is 10.3 Å². The SMILES string of the molecule is COc1cccc2c1OC(C(=O)Nc1ccncc1CC(=O)O)C2. The van der Waals surface area contributed by atoms with Crippen LogP contribution < -0.4 is 14.8 Å². The van der Waals surface area contributed by atoms with Gasteiger partial charge in [0.05, 0.1) is 13.5 Å². The van der Waals surface area contributed by atoms with Gasteiger partial charge in [-0.3, -0.25) is 14.6 Å². The molecular weight excluding hydrogens is 312 g/mol. The molecule has 0 saturated carbocycles. The Labute approximate surface area is 138 Å². The first-order valence-electron chi connectivity index (χ1n) is 7.36. The van der Waals surface area contributed by atoms with Gasteiger partial charge in [-0.2, -0.15) is 0 Å². The second kappa shape index (κ2) is 6.57. The molecule has 124 valence electrons. The number of hydrogen-bond acceptors (Lipinski definition) is 5. The van der Waals surface area contributed by atoms with Gasteiger partial charge in [0.1, 0.15) is 0 Å². The Morgan fingerprint density at radius 2 is 2.25 bits per heavy atom. The molecule has 2 aromatic rings. The number of ether oxygens (including phenoxy) is 2. The quantitative estimate of drug-likeness (QED) is 0.866. The van der Waals surface area contributed by atoms with Crippen LogP contribution in [0.4, 0.5) is 5.69 Å². The van der Waals surface area contributed by atoms with Gasteiger partial charge in [0.15, 0.2) is 17.6 Å². The third-order valence-electron chi connectivity index (χ3n) is 3.74. The van der Waals surface area contributed by atoms with Crippen LogP contribution in [-0.4, -0.2) is 35.2 Å². The molecule has 1 aromatic heterocycles. The minimum Gasteiger partial charge on any atom is -0.493 e. The number of hydrogen-bond donors (Lipinski definition) is 2. The van der Waals surface area contributed by atoms with Crippen LogP contribution in [0.25, 0.3) is 0 Å². The topological polar surface area (TPSA) is 97.8 Å². The molecule has 1 aliphatic rings. The summed E-state index contributed by atoms with van der Waals surface area (Å²) < 4.78 is 11.0. The summed E-state index contributed by atoms with van der Waals surface area (Å²) in [6.07, 6.45) is 2.44. The summed E-state index contributed by atoms with van der Waals surface area (Å²) in [4.78, 5) is 27.3. The molecule has 1 aliphatic heterocycles. The standard InChI is InChI=1S/C17H16N2O5/c1-23-13-4-2-3-10-7-14(24-16(10)13)17(22)19-12-5-6-18-9-11(12)8-15(20)21/h2-6,9,14H,7-8H2,1H3,(H,20,21)(H,18,19,22). The maximum absolute atomic E-state index is 12.5. The predicted molar refractivity (Wildman–Crippen MR) is 85.3 cm³/mol. The molecule has 2 N–H and O–H groups in total. The summed E-state index contributed by atoms with van der Waals surface area (Å²) in [5, 5.41) is 11.7. The third kappa shape index (κ3) is 3.15. The van der Waals surface area contributed by atoms with Crippen LogP contribution in [0.5, 0.6) is 11.5 Å². The Bertz CT molecular complexity index is 790. The number of carboxylic acid groups (broad SMARTS) is 1. The average Bonchev–Trinajstić information content (AvgIpc) is 3.00. The fourth-order valence-electron chi connectivity index (χ4n) is 2.61. The Morgan fingerprint density at radius 3 is 3.00 bits per heavy atom. The number of amides is 1. The van der Waals surface area contributed by atoms with Crippen LogP contribution in [0.2, 0.25) is 0 Å². The van der Waals surface area contributed by atoms with Gasteiger partial charge >= 0.3 is 5.97 Å². The van der Waals surface area contributed by atoms with Gasteiger partial charge in [-0.25, -0.2) is 0 Å². The molecule has 7 heteroatoms. The van der Waals surface area contributed by atoms with Crippen molar-refractivity contribution >= 4 is 17.6 Å². The van der Waals surface area contributed by atoms with E-state index in [1.807, 2.05) is 12.1 Å². The zero-order chi connectivity index (χ0) is 17.1. The maximum Gasteiger partial charge on any atom is 0.307 e. The lowest BCUT2D eigenvalue weighted by Gasteiger charge is -2.14. The van der Waals surface area contributed by atoms with Crippen molar-refractivity contribution in [3.63, 3.8) is 0 Å². The third-order valence-corrected chi connectivity index (χ3v) is 3.74. The number of carboxylic acids is 1. The first-order valence-corrected chi connectivity index (χ1v) is 7.36. The highest BCUT2D eigenvalue weighted by Gasteiger charge is 2.31. The molecule has 0 radical (unpaired) electrons. The number of carbonyl (C=O) groups excluding carboxylic acids is 1. The zero-order valence-electron chi connectivity index (χ0n) is 13.0. The van der Waals surface area contributed by atoms with Crippen LogP contribution >= 0.6 is 0 Å². The molecule has 3 rings (SSSR count). The number of rotatable bonds is 5. The Kier molecular flexibility index (Phi) is 4.33. The van der Waals surface area contributed by atoms with Gasteiger partial charge in [0.25, 0.3) is 5.91 Å². The lowest BCUT2D eigenvalue weighted by atomic mass is 10.1. The minimum atomic E-state index is -0.993. The molecule has 0 bridgehead atoms. The van der Waals surface area contributed by atoms with E-state index < -0.39 is 12.1 Å². The number of nitrogens with zero attached hydrogens (tertiary/aromatic N) is 1. The second-order valence-electron chi connectivity index (χ2n) is 5.35. The molecule has 1 atom stereocenters. The van der Waals surface area contributed by atoms with E-state index in [1.165, 1.54) is 12.4 Å². The molecule has 0 spiro atoms. The first kappa shape index (κ1) is 15.8. The summed E-state index contributed by atoms with van der Waals surface area (Å²) in [5.41, 5.74) is 1.75. The minimum absolute atomic E-state index is 0.219. The van der Waals surface area contributed by atoms with Gasteiger partial charge in [-0.05, 0) is 12.1 Å². The van der Waals surface area contributed by atoms with E-state index in [4.69, 9.17) is 14.6 Å². The van der Waals surface area contributed by atoms with E-state index in [-0.39, 0.29) is 12.3 Å². The number of para-hydroxylation sites is 1. The van der Waals surface area contributed by atoms with E-state index >= 15 is 0 Å². The highest BCUT2D eigenvalue weighted by molar-refractivity contribution is 5.96. The number of fused-ring (bicyclic) bond motifs is 1. The van der Waals surface area contributed by atoms with Crippen molar-refractivity contribution in [3.8, 4) is 11.5 Å². The number of methoxy groups -OCH3 is 1. The summed E-state index contributed by atoms with van der Waals surface area (Å²) in [6.45, 7) is 0. The number of aromatic nitrogens is 1. The number of nitrogens with one attached hydrogen (secondary N) is 1. The van der Waals surface area contributed by atoms with Gasteiger partial charge in [-0.1, -0.05) is 12.1 Å². The number of pyridine rings is 1. The van der Waals surface area contributed by atoms with Crippen LogP contribution in [0.15, 0.2) is 36.7 Å². The van der Waals surface area contributed by atoms with Crippen molar-refractivity contribution in [1.82, 2.24) is 4.98 Å². The normalized spacial score (nSPS) is 15.3. The van der Waals surface area contributed by atoms with Gasteiger partial charge in [-0.15, -0.1) is 0 Å². The largest absolute Gasteiger partial charge is 0.493 e. The molecule has 24 heavy (non-hydrogen) atoms. The van der Waals surface area contributed by atoms with Crippen LogP contribution in [-0.2, 0) is 22.4 Å². The first-order chi connectivity index (χ1) is 11.6. The molecule has 1 aromatic carbocycles. The highest BCUT2D eigenvalue weighted by Crippen LogP contribution is 2.37. The molecule has 1 amide bonds. The van der Waals surface area contributed by atoms with Crippen molar-refractivity contribution in [2.45, 2.75) is 18.9 Å². The Hall–Kier alpha value is -3.09.